The molecular weight excluding hydrogens is 170 g/mol. The van der Waals surface area contributed by atoms with E-state index >= 15 is 0 Å². The van der Waals surface area contributed by atoms with Crippen molar-refractivity contribution < 1.29 is 15.3 Å². The molecule has 72 valence electrons. The van der Waals surface area contributed by atoms with E-state index in [2.05, 4.69) is 0 Å². The molecule has 0 radical (unpaired) electrons. The van der Waals surface area contributed by atoms with E-state index in [0.717, 1.165) is 0 Å². The van der Waals surface area contributed by atoms with Crippen LogP contribution in [0.25, 0.3) is 0 Å². The predicted molar refractivity (Wildman–Crippen MR) is 48.5 cm³/mol. The quantitative estimate of drug-likeness (QED) is 0.500. The van der Waals surface area contributed by atoms with Crippen LogP contribution in [0.2, 0.25) is 0 Å². The average Bonchev–Trinajstić information content (AvgIpc) is 2.13. The fraction of sp³-hybridized carbons (Fsp3) is 0.333. The number of nitrogens with two attached hydrogens (primary N) is 1. The van der Waals surface area contributed by atoms with Gasteiger partial charge in [0, 0.05) is 12.1 Å². The van der Waals surface area contributed by atoms with Crippen LogP contribution in [0.1, 0.15) is 17.2 Å². The molecule has 4 nitrogen and oxygen atoms in total. The minimum Gasteiger partial charge on any atom is -0.504 e. The molecule has 0 unspecified atom stereocenters. The lowest BCUT2D eigenvalue weighted by Gasteiger charge is -2.12. The van der Waals surface area contributed by atoms with E-state index in [9.17, 15) is 10.2 Å². The van der Waals surface area contributed by atoms with Gasteiger partial charge in [0.2, 0.25) is 0 Å². The van der Waals surface area contributed by atoms with E-state index in [0.29, 0.717) is 11.1 Å². The normalized spacial score (nSPS) is 12.8. The van der Waals surface area contributed by atoms with Crippen LogP contribution in [-0.4, -0.2) is 21.9 Å². The van der Waals surface area contributed by atoms with Crippen molar-refractivity contribution in [3.8, 4) is 11.5 Å². The Labute approximate surface area is 76.2 Å². The van der Waals surface area contributed by atoms with Gasteiger partial charge in [0.15, 0.2) is 11.5 Å². The maximum Gasteiger partial charge on any atom is 0.160 e. The molecule has 0 aliphatic heterocycles. The molecule has 1 aromatic rings. The van der Waals surface area contributed by atoms with E-state index in [1.807, 2.05) is 0 Å². The molecule has 5 N–H and O–H groups in total. The second-order valence-corrected chi connectivity index (χ2v) is 2.90. The second kappa shape index (κ2) is 3.64. The largest absolute Gasteiger partial charge is 0.504 e. The monoisotopic (exact) mass is 183 g/mol. The van der Waals surface area contributed by atoms with Crippen LogP contribution in [0.5, 0.6) is 11.5 Å². The van der Waals surface area contributed by atoms with Crippen LogP contribution in [0, 0.1) is 6.92 Å². The zero-order chi connectivity index (χ0) is 10.0. The first-order chi connectivity index (χ1) is 6.07. The number of rotatable bonds is 2. The summed E-state index contributed by atoms with van der Waals surface area (Å²) in [6.07, 6.45) is -0.800. The van der Waals surface area contributed by atoms with Crippen LogP contribution in [0.3, 0.4) is 0 Å². The Bertz CT molecular complexity index is 312. The van der Waals surface area contributed by atoms with Gasteiger partial charge in [-0.3, -0.25) is 0 Å². The molecule has 0 aliphatic carbocycles. The summed E-state index contributed by atoms with van der Waals surface area (Å²) in [5.74, 6) is -0.393. The van der Waals surface area contributed by atoms with Crippen molar-refractivity contribution in [3.63, 3.8) is 0 Å². The summed E-state index contributed by atoms with van der Waals surface area (Å²) in [6, 6.07) is 2.87. The van der Waals surface area contributed by atoms with E-state index in [-0.39, 0.29) is 18.0 Å². The van der Waals surface area contributed by atoms with Crippen molar-refractivity contribution in [2.24, 2.45) is 5.73 Å². The molecular formula is C9H13NO3. The number of hydrogen-bond donors (Lipinski definition) is 4. The summed E-state index contributed by atoms with van der Waals surface area (Å²) in [6.45, 7) is 1.70. The third-order valence-corrected chi connectivity index (χ3v) is 2.03. The number of phenols is 2. The van der Waals surface area contributed by atoms with Crippen molar-refractivity contribution >= 4 is 0 Å². The van der Waals surface area contributed by atoms with Crippen LogP contribution < -0.4 is 5.73 Å². The van der Waals surface area contributed by atoms with Gasteiger partial charge in [0.25, 0.3) is 0 Å². The topological polar surface area (TPSA) is 86.7 Å². The summed E-state index contributed by atoms with van der Waals surface area (Å²) >= 11 is 0. The van der Waals surface area contributed by atoms with Gasteiger partial charge in [-0.15, -0.1) is 0 Å². The molecule has 0 spiro atoms. The molecule has 13 heavy (non-hydrogen) atoms. The van der Waals surface area contributed by atoms with E-state index in [4.69, 9.17) is 10.8 Å². The van der Waals surface area contributed by atoms with Gasteiger partial charge in [0.1, 0.15) is 0 Å². The first kappa shape index (κ1) is 9.83. The summed E-state index contributed by atoms with van der Waals surface area (Å²) in [5, 5.41) is 27.9. The third-order valence-electron chi connectivity index (χ3n) is 2.03. The Balaban J connectivity index is 3.18. The lowest BCUT2D eigenvalue weighted by molar-refractivity contribution is 0.185. The van der Waals surface area contributed by atoms with Crippen molar-refractivity contribution in [2.75, 3.05) is 6.54 Å². The standard InChI is InChI=1S/C9H13NO3/c1-5-6(8(12)4-10)2-3-7(11)9(5)13/h2-3,8,11-13H,4,10H2,1H3/t8-/m0/s1. The van der Waals surface area contributed by atoms with Crippen molar-refractivity contribution in [1.82, 2.24) is 0 Å². The number of aliphatic hydroxyl groups excluding tert-OH is 1. The van der Waals surface area contributed by atoms with E-state index < -0.39 is 6.10 Å². The zero-order valence-electron chi connectivity index (χ0n) is 7.36. The maximum absolute atomic E-state index is 9.41. The van der Waals surface area contributed by atoms with Crippen molar-refractivity contribution in [3.05, 3.63) is 23.3 Å². The minimum atomic E-state index is -0.800. The molecule has 0 saturated carbocycles. The molecule has 0 amide bonds. The second-order valence-electron chi connectivity index (χ2n) is 2.90. The Hall–Kier alpha value is -1.26. The Morgan fingerprint density at radius 1 is 1.38 bits per heavy atom. The number of aromatic hydroxyl groups is 2. The summed E-state index contributed by atoms with van der Waals surface area (Å²) in [5.41, 5.74) is 6.26. The highest BCUT2D eigenvalue weighted by atomic mass is 16.3. The molecule has 0 aliphatic rings. The van der Waals surface area contributed by atoms with Gasteiger partial charge in [-0.05, 0) is 18.6 Å². The number of hydrogen-bond acceptors (Lipinski definition) is 4. The Morgan fingerprint density at radius 3 is 2.54 bits per heavy atom. The molecule has 1 aromatic carbocycles. The first-order valence-electron chi connectivity index (χ1n) is 3.97. The zero-order valence-corrected chi connectivity index (χ0v) is 7.36. The van der Waals surface area contributed by atoms with E-state index in [1.165, 1.54) is 6.07 Å². The van der Waals surface area contributed by atoms with E-state index in [1.54, 1.807) is 13.0 Å². The molecule has 4 heteroatoms. The highest BCUT2D eigenvalue weighted by Gasteiger charge is 2.13. The maximum atomic E-state index is 9.41. The first-order valence-corrected chi connectivity index (χ1v) is 3.97. The molecule has 0 heterocycles. The van der Waals surface area contributed by atoms with Crippen molar-refractivity contribution in [1.29, 1.82) is 0 Å². The van der Waals surface area contributed by atoms with Crippen LogP contribution >= 0.6 is 0 Å². The average molecular weight is 183 g/mol. The lowest BCUT2D eigenvalue weighted by atomic mass is 10.0. The number of benzene rings is 1. The van der Waals surface area contributed by atoms with Crippen LogP contribution in [0.4, 0.5) is 0 Å². The summed E-state index contributed by atoms with van der Waals surface area (Å²) in [7, 11) is 0. The highest BCUT2D eigenvalue weighted by Crippen LogP contribution is 2.32. The number of phenolic OH excluding ortho intramolecular Hbond substituents is 2. The molecule has 0 saturated heterocycles. The Morgan fingerprint density at radius 2 is 2.00 bits per heavy atom. The SMILES string of the molecule is Cc1c([C@@H](O)CN)ccc(O)c1O. The fourth-order valence-electron chi connectivity index (χ4n) is 1.19. The molecule has 1 atom stereocenters. The minimum absolute atomic E-state index is 0.0883. The van der Waals surface area contributed by atoms with Gasteiger partial charge in [-0.25, -0.2) is 0 Å². The van der Waals surface area contributed by atoms with Gasteiger partial charge in [-0.1, -0.05) is 6.07 Å². The predicted octanol–water partition coefficient (Wildman–Crippen LogP) is 0.398. The Kier molecular flexibility index (Phi) is 2.75. The molecule has 0 aromatic heterocycles. The van der Waals surface area contributed by atoms with Gasteiger partial charge < -0.3 is 21.1 Å². The van der Waals surface area contributed by atoms with Gasteiger partial charge >= 0.3 is 0 Å². The molecule has 0 fully saturated rings. The van der Waals surface area contributed by atoms with Gasteiger partial charge in [0.05, 0.1) is 6.10 Å². The van der Waals surface area contributed by atoms with Crippen LogP contribution in [-0.2, 0) is 0 Å². The smallest absolute Gasteiger partial charge is 0.160 e. The molecule has 0 bridgehead atoms. The van der Waals surface area contributed by atoms with Crippen LogP contribution in [0.15, 0.2) is 12.1 Å². The third kappa shape index (κ3) is 1.74. The fourth-order valence-corrected chi connectivity index (χ4v) is 1.19. The van der Waals surface area contributed by atoms with Gasteiger partial charge in [-0.2, -0.15) is 0 Å². The molecule has 1 rings (SSSR count). The van der Waals surface area contributed by atoms with Crippen molar-refractivity contribution in [2.45, 2.75) is 13.0 Å². The summed E-state index contributed by atoms with van der Waals surface area (Å²) in [4.78, 5) is 0. The lowest BCUT2D eigenvalue weighted by Crippen LogP contribution is -2.12. The number of aliphatic hydroxyl groups is 1. The highest BCUT2D eigenvalue weighted by molar-refractivity contribution is 5.48. The summed E-state index contributed by atoms with van der Waals surface area (Å²) < 4.78 is 0.